The summed E-state index contributed by atoms with van der Waals surface area (Å²) in [6.07, 6.45) is 0.647. The van der Waals surface area contributed by atoms with E-state index in [0.29, 0.717) is 19.6 Å². The highest BCUT2D eigenvalue weighted by atomic mass is 79.9. The minimum Gasteiger partial charge on any atom is -0.492 e. The Labute approximate surface area is 142 Å². The van der Waals surface area contributed by atoms with Gasteiger partial charge in [0.1, 0.15) is 5.75 Å². The average molecular weight is 441 g/mol. The summed E-state index contributed by atoms with van der Waals surface area (Å²) >= 11 is 6.98. The fraction of sp³-hybridized carbons (Fsp3) is 0.571. The van der Waals surface area contributed by atoms with E-state index < -0.39 is 9.84 Å². The maximum Gasteiger partial charge on any atom is 0.152 e. The molecule has 0 saturated carbocycles. The van der Waals surface area contributed by atoms with Crippen molar-refractivity contribution in [3.63, 3.8) is 0 Å². The van der Waals surface area contributed by atoms with Gasteiger partial charge in [0.2, 0.25) is 0 Å². The molecule has 2 rings (SSSR count). The number of hydrogen-bond acceptors (Lipinski definition) is 4. The molecule has 1 atom stereocenters. The van der Waals surface area contributed by atoms with Gasteiger partial charge in [0.25, 0.3) is 0 Å². The van der Waals surface area contributed by atoms with Crippen molar-refractivity contribution in [2.45, 2.75) is 32.4 Å². The van der Waals surface area contributed by atoms with Crippen molar-refractivity contribution < 1.29 is 13.2 Å². The molecule has 0 spiro atoms. The number of rotatable bonds is 5. The lowest BCUT2D eigenvalue weighted by molar-refractivity contribution is 0.328. The number of nitrogens with one attached hydrogen (secondary N) is 1. The van der Waals surface area contributed by atoms with E-state index in [2.05, 4.69) is 37.2 Å². The zero-order chi connectivity index (χ0) is 15.7. The number of sulfone groups is 1. The predicted molar refractivity (Wildman–Crippen MR) is 91.5 cm³/mol. The van der Waals surface area contributed by atoms with Crippen LogP contribution in [0.2, 0.25) is 0 Å². The lowest BCUT2D eigenvalue weighted by Crippen LogP contribution is -2.42. The third-order valence-electron chi connectivity index (χ3n) is 3.58. The van der Waals surface area contributed by atoms with Crippen LogP contribution in [0.4, 0.5) is 0 Å². The summed E-state index contributed by atoms with van der Waals surface area (Å²) in [7, 11) is -2.91. The second kappa shape index (κ2) is 6.56. The summed E-state index contributed by atoms with van der Waals surface area (Å²) in [6.45, 7) is 5.06. The van der Waals surface area contributed by atoms with Gasteiger partial charge in [-0.1, -0.05) is 15.9 Å². The van der Waals surface area contributed by atoms with Gasteiger partial charge in [-0.05, 0) is 48.3 Å². The maximum atomic E-state index is 11.7. The monoisotopic (exact) mass is 439 g/mol. The van der Waals surface area contributed by atoms with E-state index in [0.717, 1.165) is 20.3 Å². The summed E-state index contributed by atoms with van der Waals surface area (Å²) in [5.74, 6) is 1.26. The molecule has 1 aliphatic heterocycles. The Bertz CT molecular complexity index is 633. The lowest BCUT2D eigenvalue weighted by Gasteiger charge is -2.25. The summed E-state index contributed by atoms with van der Waals surface area (Å²) in [6, 6.07) is 3.94. The molecule has 0 aliphatic carbocycles. The highest BCUT2D eigenvalue weighted by Crippen LogP contribution is 2.33. The molecule has 1 N–H and O–H groups in total. The molecule has 4 nitrogen and oxygen atoms in total. The van der Waals surface area contributed by atoms with Gasteiger partial charge in [-0.15, -0.1) is 0 Å². The normalized spacial score (nSPS) is 24.2. The number of benzene rings is 1. The minimum absolute atomic E-state index is 0.194. The first-order valence-electron chi connectivity index (χ1n) is 6.81. The van der Waals surface area contributed by atoms with E-state index in [1.165, 1.54) is 0 Å². The molecular formula is C14H19Br2NO3S. The van der Waals surface area contributed by atoms with E-state index in [4.69, 9.17) is 4.74 Å². The molecule has 1 aromatic carbocycles. The molecule has 1 heterocycles. The smallest absolute Gasteiger partial charge is 0.152 e. The highest BCUT2D eigenvalue weighted by Gasteiger charge is 2.37. The molecule has 0 bridgehead atoms. The Kier molecular flexibility index (Phi) is 5.39. The zero-order valence-corrected chi connectivity index (χ0v) is 16.1. The second-order valence-electron chi connectivity index (χ2n) is 5.57. The largest absolute Gasteiger partial charge is 0.492 e. The Morgan fingerprint density at radius 1 is 1.38 bits per heavy atom. The number of halogens is 2. The highest BCUT2D eigenvalue weighted by molar-refractivity contribution is 9.11. The van der Waals surface area contributed by atoms with Gasteiger partial charge in [-0.25, -0.2) is 8.42 Å². The molecule has 0 radical (unpaired) electrons. The van der Waals surface area contributed by atoms with Crippen molar-refractivity contribution in [1.29, 1.82) is 0 Å². The van der Waals surface area contributed by atoms with E-state index in [1.54, 1.807) is 0 Å². The van der Waals surface area contributed by atoms with Gasteiger partial charge in [0.05, 0.1) is 22.6 Å². The molecule has 1 unspecified atom stereocenters. The van der Waals surface area contributed by atoms with Crippen molar-refractivity contribution >= 4 is 41.7 Å². The Morgan fingerprint density at radius 2 is 2.10 bits per heavy atom. The van der Waals surface area contributed by atoms with Gasteiger partial charge in [-0.2, -0.15) is 0 Å². The van der Waals surface area contributed by atoms with Gasteiger partial charge < -0.3 is 10.1 Å². The third kappa shape index (κ3) is 4.43. The molecule has 0 amide bonds. The standard InChI is InChI=1S/C14H19Br2NO3S/c1-3-20-13-10(6-11(15)7-12(13)16)8-17-14(2)4-5-21(18,19)9-14/h6-7,17H,3-5,8-9H2,1-2H3. The van der Waals surface area contributed by atoms with Crippen molar-refractivity contribution in [2.75, 3.05) is 18.1 Å². The number of hydrogen-bond donors (Lipinski definition) is 1. The first-order valence-corrected chi connectivity index (χ1v) is 10.2. The molecule has 1 aromatic rings. The fourth-order valence-electron chi connectivity index (χ4n) is 2.51. The van der Waals surface area contributed by atoms with Crippen LogP contribution in [0.25, 0.3) is 0 Å². The average Bonchev–Trinajstić information content (AvgIpc) is 2.65. The second-order valence-corrected chi connectivity index (χ2v) is 9.52. The van der Waals surface area contributed by atoms with Gasteiger partial charge in [-0.3, -0.25) is 0 Å². The molecular weight excluding hydrogens is 422 g/mol. The topological polar surface area (TPSA) is 55.4 Å². The van der Waals surface area contributed by atoms with E-state index in [-0.39, 0.29) is 17.0 Å². The van der Waals surface area contributed by atoms with Crippen molar-refractivity contribution in [3.8, 4) is 5.75 Å². The lowest BCUT2D eigenvalue weighted by atomic mass is 10.0. The van der Waals surface area contributed by atoms with E-state index >= 15 is 0 Å². The first-order chi connectivity index (χ1) is 9.75. The van der Waals surface area contributed by atoms with Crippen LogP contribution in [0.1, 0.15) is 25.8 Å². The summed E-state index contributed by atoms with van der Waals surface area (Å²) in [5, 5.41) is 3.38. The van der Waals surface area contributed by atoms with Crippen LogP contribution in [-0.2, 0) is 16.4 Å². The van der Waals surface area contributed by atoms with Crippen molar-refractivity contribution in [2.24, 2.45) is 0 Å². The Morgan fingerprint density at radius 3 is 2.67 bits per heavy atom. The molecule has 118 valence electrons. The van der Waals surface area contributed by atoms with Crippen LogP contribution in [0.15, 0.2) is 21.1 Å². The fourth-order valence-corrected chi connectivity index (χ4v) is 6.06. The van der Waals surface area contributed by atoms with Crippen molar-refractivity contribution in [1.82, 2.24) is 5.32 Å². The van der Waals surface area contributed by atoms with Crippen LogP contribution >= 0.6 is 31.9 Å². The van der Waals surface area contributed by atoms with Gasteiger partial charge in [0, 0.05) is 22.1 Å². The molecule has 1 aliphatic rings. The van der Waals surface area contributed by atoms with Crippen LogP contribution in [-0.4, -0.2) is 32.1 Å². The zero-order valence-electron chi connectivity index (χ0n) is 12.1. The Hall–Kier alpha value is -0.110. The van der Waals surface area contributed by atoms with Crippen molar-refractivity contribution in [3.05, 3.63) is 26.6 Å². The molecule has 1 fully saturated rings. The van der Waals surface area contributed by atoms with Gasteiger partial charge >= 0.3 is 0 Å². The van der Waals surface area contributed by atoms with E-state index in [9.17, 15) is 8.42 Å². The maximum absolute atomic E-state index is 11.7. The quantitative estimate of drug-likeness (QED) is 0.763. The minimum atomic E-state index is -2.91. The predicted octanol–water partition coefficient (Wildman–Crippen LogP) is 3.28. The molecule has 1 saturated heterocycles. The van der Waals surface area contributed by atoms with Crippen LogP contribution < -0.4 is 10.1 Å². The summed E-state index contributed by atoms with van der Waals surface area (Å²) in [4.78, 5) is 0. The van der Waals surface area contributed by atoms with E-state index in [1.807, 2.05) is 26.0 Å². The van der Waals surface area contributed by atoms with Crippen LogP contribution in [0.3, 0.4) is 0 Å². The van der Waals surface area contributed by atoms with Crippen LogP contribution in [0.5, 0.6) is 5.75 Å². The first kappa shape index (κ1) is 17.2. The SMILES string of the molecule is CCOc1c(Br)cc(Br)cc1CNC1(C)CCS(=O)(=O)C1. The molecule has 0 aromatic heterocycles. The molecule has 7 heteroatoms. The van der Waals surface area contributed by atoms with Gasteiger partial charge in [0.15, 0.2) is 9.84 Å². The summed E-state index contributed by atoms with van der Waals surface area (Å²) < 4.78 is 30.8. The molecule has 21 heavy (non-hydrogen) atoms. The third-order valence-corrected chi connectivity index (χ3v) is 6.53. The number of ether oxygens (including phenoxy) is 1. The Balaban J connectivity index is 2.16. The summed E-state index contributed by atoms with van der Waals surface area (Å²) in [5.41, 5.74) is 0.639. The van der Waals surface area contributed by atoms with Crippen LogP contribution in [0, 0.1) is 0 Å².